The zero-order valence-electron chi connectivity index (χ0n) is 14.9. The van der Waals surface area contributed by atoms with Crippen molar-refractivity contribution in [3.8, 4) is 5.75 Å². The van der Waals surface area contributed by atoms with E-state index in [1.165, 1.54) is 12.8 Å². The van der Waals surface area contributed by atoms with Gasteiger partial charge in [-0.05, 0) is 54.5 Å². The number of rotatable bonds is 9. The largest absolute Gasteiger partial charge is 0.423 e. The van der Waals surface area contributed by atoms with Crippen molar-refractivity contribution < 1.29 is 14.3 Å². The number of hydrogen-bond acceptors (Lipinski definition) is 3. The number of allylic oxidation sites excluding steroid dienone is 1. The molecule has 0 aromatic heterocycles. The molecule has 0 atom stereocenters. The Hall–Kier alpha value is -2.20. The fraction of sp³-hybridized carbons (Fsp3) is 0.273. The highest BCUT2D eigenvalue weighted by Gasteiger charge is 2.08. The molecule has 3 nitrogen and oxygen atoms in total. The second-order valence-electron chi connectivity index (χ2n) is 6.08. The number of carbonyl (C=O) groups excluding carboxylic acids is 2. The van der Waals surface area contributed by atoms with Crippen LogP contribution in [-0.2, 0) is 4.79 Å². The molecule has 136 valence electrons. The molecule has 2 aromatic rings. The molecule has 0 radical (unpaired) electrons. The standard InChI is InChI=1S/C22H23BrO3/c1-2-3-4-5-6-20(24)14-7-17-8-15-21(16-9-17)26-22(25)18-10-12-19(23)13-11-18/h7-16H,2-6H2,1H3/b14-7+. The topological polar surface area (TPSA) is 43.4 Å². The van der Waals surface area contributed by atoms with E-state index in [4.69, 9.17) is 4.74 Å². The van der Waals surface area contributed by atoms with E-state index < -0.39 is 5.97 Å². The second kappa shape index (κ2) is 10.7. The van der Waals surface area contributed by atoms with Crippen molar-refractivity contribution in [3.05, 3.63) is 70.2 Å². The predicted molar refractivity (Wildman–Crippen MR) is 108 cm³/mol. The van der Waals surface area contributed by atoms with Crippen molar-refractivity contribution in [2.75, 3.05) is 0 Å². The molecule has 0 bridgehead atoms. The first-order valence-corrected chi connectivity index (χ1v) is 9.66. The molecule has 0 N–H and O–H groups in total. The zero-order valence-corrected chi connectivity index (χ0v) is 16.5. The molecule has 0 fully saturated rings. The van der Waals surface area contributed by atoms with Gasteiger partial charge in [0.15, 0.2) is 5.78 Å². The van der Waals surface area contributed by atoms with Crippen LogP contribution in [0.2, 0.25) is 0 Å². The number of carbonyl (C=O) groups is 2. The van der Waals surface area contributed by atoms with Crippen LogP contribution < -0.4 is 4.74 Å². The minimum absolute atomic E-state index is 0.145. The average molecular weight is 415 g/mol. The number of benzene rings is 2. The lowest BCUT2D eigenvalue weighted by Gasteiger charge is -2.05. The van der Waals surface area contributed by atoms with Gasteiger partial charge in [-0.15, -0.1) is 0 Å². The first kappa shape index (κ1) is 20.1. The number of unbranched alkanes of at least 4 members (excludes halogenated alkanes) is 3. The van der Waals surface area contributed by atoms with Crippen LogP contribution in [0.15, 0.2) is 59.1 Å². The molecule has 0 heterocycles. The van der Waals surface area contributed by atoms with E-state index in [1.807, 2.05) is 12.1 Å². The SMILES string of the molecule is CCCCCCC(=O)/C=C/c1ccc(OC(=O)c2ccc(Br)cc2)cc1. The highest BCUT2D eigenvalue weighted by atomic mass is 79.9. The fourth-order valence-corrected chi connectivity index (χ4v) is 2.66. The quantitative estimate of drug-likeness (QED) is 0.211. The van der Waals surface area contributed by atoms with Crippen LogP contribution in [0.5, 0.6) is 5.75 Å². The number of hydrogen-bond donors (Lipinski definition) is 0. The third-order valence-electron chi connectivity index (χ3n) is 3.91. The monoisotopic (exact) mass is 414 g/mol. The molecule has 2 aromatic carbocycles. The molecule has 26 heavy (non-hydrogen) atoms. The number of ether oxygens (including phenoxy) is 1. The van der Waals surface area contributed by atoms with Crippen molar-refractivity contribution in [2.45, 2.75) is 39.0 Å². The van der Waals surface area contributed by atoms with E-state index in [1.54, 1.807) is 48.6 Å². The first-order chi connectivity index (χ1) is 12.6. The summed E-state index contributed by atoms with van der Waals surface area (Å²) in [7, 11) is 0. The molecule has 0 saturated carbocycles. The van der Waals surface area contributed by atoms with E-state index in [2.05, 4.69) is 22.9 Å². The highest BCUT2D eigenvalue weighted by Crippen LogP contribution is 2.17. The summed E-state index contributed by atoms with van der Waals surface area (Å²) in [5.41, 5.74) is 1.39. The molecule has 0 aliphatic rings. The van der Waals surface area contributed by atoms with Gasteiger partial charge in [-0.1, -0.05) is 60.3 Å². The van der Waals surface area contributed by atoms with Crippen molar-refractivity contribution >= 4 is 33.8 Å². The third kappa shape index (κ3) is 6.96. The lowest BCUT2D eigenvalue weighted by molar-refractivity contribution is -0.114. The van der Waals surface area contributed by atoms with Gasteiger partial charge in [-0.2, -0.15) is 0 Å². The summed E-state index contributed by atoms with van der Waals surface area (Å²) < 4.78 is 6.26. The summed E-state index contributed by atoms with van der Waals surface area (Å²) in [4.78, 5) is 23.9. The molecular formula is C22H23BrO3. The molecule has 0 aliphatic heterocycles. The molecule has 4 heteroatoms. The van der Waals surface area contributed by atoms with Gasteiger partial charge in [-0.3, -0.25) is 4.79 Å². The van der Waals surface area contributed by atoms with Crippen LogP contribution in [0.1, 0.15) is 54.9 Å². The van der Waals surface area contributed by atoms with Crippen molar-refractivity contribution in [1.29, 1.82) is 0 Å². The summed E-state index contributed by atoms with van der Waals surface area (Å²) in [6.45, 7) is 2.15. The summed E-state index contributed by atoms with van der Waals surface area (Å²) in [5, 5.41) is 0. The molecule has 0 amide bonds. The van der Waals surface area contributed by atoms with Gasteiger partial charge >= 0.3 is 5.97 Å². The van der Waals surface area contributed by atoms with Gasteiger partial charge in [0.25, 0.3) is 0 Å². The van der Waals surface area contributed by atoms with Crippen LogP contribution in [0.4, 0.5) is 0 Å². The van der Waals surface area contributed by atoms with Crippen molar-refractivity contribution in [2.24, 2.45) is 0 Å². The number of ketones is 1. The molecular weight excluding hydrogens is 392 g/mol. The van der Waals surface area contributed by atoms with Crippen LogP contribution >= 0.6 is 15.9 Å². The summed E-state index contributed by atoms with van der Waals surface area (Å²) >= 11 is 3.33. The Labute approximate surface area is 163 Å². The minimum Gasteiger partial charge on any atom is -0.423 e. The Morgan fingerprint density at radius 2 is 1.65 bits per heavy atom. The van der Waals surface area contributed by atoms with Gasteiger partial charge in [0.05, 0.1) is 5.56 Å². The van der Waals surface area contributed by atoms with Crippen LogP contribution in [0.25, 0.3) is 6.08 Å². The Balaban J connectivity index is 1.85. The number of halogens is 1. The second-order valence-corrected chi connectivity index (χ2v) is 6.99. The maximum atomic E-state index is 12.1. The Morgan fingerprint density at radius 1 is 0.962 bits per heavy atom. The lowest BCUT2D eigenvalue weighted by atomic mass is 10.1. The van der Waals surface area contributed by atoms with Crippen LogP contribution in [-0.4, -0.2) is 11.8 Å². The van der Waals surface area contributed by atoms with E-state index in [0.29, 0.717) is 17.7 Å². The van der Waals surface area contributed by atoms with E-state index in [0.717, 1.165) is 22.9 Å². The smallest absolute Gasteiger partial charge is 0.343 e. The van der Waals surface area contributed by atoms with E-state index >= 15 is 0 Å². The Morgan fingerprint density at radius 3 is 2.31 bits per heavy atom. The summed E-state index contributed by atoms with van der Waals surface area (Å²) in [5.74, 6) is 0.218. The molecule has 2 rings (SSSR count). The average Bonchev–Trinajstić information content (AvgIpc) is 2.65. The molecule has 0 spiro atoms. The van der Waals surface area contributed by atoms with Gasteiger partial charge in [-0.25, -0.2) is 4.79 Å². The molecule has 0 unspecified atom stereocenters. The van der Waals surface area contributed by atoms with E-state index in [9.17, 15) is 9.59 Å². The lowest BCUT2D eigenvalue weighted by Crippen LogP contribution is -2.08. The highest BCUT2D eigenvalue weighted by molar-refractivity contribution is 9.10. The zero-order chi connectivity index (χ0) is 18.8. The van der Waals surface area contributed by atoms with Gasteiger partial charge in [0.2, 0.25) is 0 Å². The predicted octanol–water partition coefficient (Wildman–Crippen LogP) is 6.22. The van der Waals surface area contributed by atoms with Crippen molar-refractivity contribution in [3.63, 3.8) is 0 Å². The van der Waals surface area contributed by atoms with Gasteiger partial charge in [0.1, 0.15) is 5.75 Å². The fourth-order valence-electron chi connectivity index (χ4n) is 2.40. The minimum atomic E-state index is -0.400. The maximum Gasteiger partial charge on any atom is 0.343 e. The van der Waals surface area contributed by atoms with Crippen LogP contribution in [0, 0.1) is 0 Å². The number of esters is 1. The summed E-state index contributed by atoms with van der Waals surface area (Å²) in [6.07, 6.45) is 8.41. The van der Waals surface area contributed by atoms with Gasteiger partial charge in [0, 0.05) is 10.9 Å². The van der Waals surface area contributed by atoms with Crippen molar-refractivity contribution in [1.82, 2.24) is 0 Å². The Bertz CT molecular complexity index is 746. The molecule has 0 aliphatic carbocycles. The maximum absolute atomic E-state index is 12.1. The van der Waals surface area contributed by atoms with Gasteiger partial charge < -0.3 is 4.74 Å². The first-order valence-electron chi connectivity index (χ1n) is 8.87. The van der Waals surface area contributed by atoms with E-state index in [-0.39, 0.29) is 5.78 Å². The third-order valence-corrected chi connectivity index (χ3v) is 4.44. The normalized spacial score (nSPS) is 10.8. The Kier molecular flexibility index (Phi) is 8.29. The van der Waals surface area contributed by atoms with Crippen LogP contribution in [0.3, 0.4) is 0 Å². The summed E-state index contributed by atoms with van der Waals surface area (Å²) in [6, 6.07) is 14.1. The molecule has 0 saturated heterocycles.